The monoisotopic (exact) mass is 274 g/mol. The first-order chi connectivity index (χ1) is 9.79. The standard InChI is InChI=1S/C16H22N2O2/c17-10-12-3-5-14(6-4-12)18(15-7-8-15)16(19)13-2-1-9-20-11-13/h3-6,13,15H,1-2,7-11,17H2. The van der Waals surface area contributed by atoms with Crippen molar-refractivity contribution in [2.24, 2.45) is 11.7 Å². The number of hydrogen-bond donors (Lipinski definition) is 1. The van der Waals surface area contributed by atoms with Gasteiger partial charge in [-0.25, -0.2) is 0 Å². The molecule has 1 atom stereocenters. The van der Waals surface area contributed by atoms with Crippen molar-refractivity contribution >= 4 is 11.6 Å². The SMILES string of the molecule is NCc1ccc(N(C(=O)C2CCCOC2)C2CC2)cc1. The largest absolute Gasteiger partial charge is 0.381 e. The first kappa shape index (κ1) is 13.6. The molecular formula is C16H22N2O2. The van der Waals surface area contributed by atoms with Crippen LogP contribution in [-0.4, -0.2) is 25.2 Å². The quantitative estimate of drug-likeness (QED) is 0.914. The van der Waals surface area contributed by atoms with Gasteiger partial charge in [0.1, 0.15) is 0 Å². The Labute approximate surface area is 119 Å². The van der Waals surface area contributed by atoms with Crippen molar-refractivity contribution in [1.82, 2.24) is 0 Å². The zero-order valence-electron chi connectivity index (χ0n) is 11.8. The summed E-state index contributed by atoms with van der Waals surface area (Å²) in [7, 11) is 0. The van der Waals surface area contributed by atoms with Crippen LogP contribution in [0.25, 0.3) is 0 Å². The minimum absolute atomic E-state index is 0.0264. The van der Waals surface area contributed by atoms with Gasteiger partial charge < -0.3 is 15.4 Å². The van der Waals surface area contributed by atoms with E-state index in [0.717, 1.165) is 43.5 Å². The highest BCUT2D eigenvalue weighted by molar-refractivity contribution is 5.96. The van der Waals surface area contributed by atoms with Gasteiger partial charge in [-0.1, -0.05) is 12.1 Å². The number of nitrogens with zero attached hydrogens (tertiary/aromatic N) is 1. The number of hydrogen-bond acceptors (Lipinski definition) is 3. The van der Waals surface area contributed by atoms with Crippen LogP contribution in [0.5, 0.6) is 0 Å². The summed E-state index contributed by atoms with van der Waals surface area (Å²) in [4.78, 5) is 14.7. The van der Waals surface area contributed by atoms with Gasteiger partial charge in [-0.15, -0.1) is 0 Å². The number of rotatable bonds is 4. The number of carbonyl (C=O) groups excluding carboxylic acids is 1. The summed E-state index contributed by atoms with van der Waals surface area (Å²) in [5, 5.41) is 0. The van der Waals surface area contributed by atoms with Gasteiger partial charge in [-0.3, -0.25) is 4.79 Å². The average molecular weight is 274 g/mol. The minimum Gasteiger partial charge on any atom is -0.381 e. The van der Waals surface area contributed by atoms with Gasteiger partial charge >= 0.3 is 0 Å². The van der Waals surface area contributed by atoms with E-state index in [4.69, 9.17) is 10.5 Å². The van der Waals surface area contributed by atoms with Crippen LogP contribution in [0.4, 0.5) is 5.69 Å². The number of anilines is 1. The van der Waals surface area contributed by atoms with Gasteiger partial charge in [0, 0.05) is 24.9 Å². The molecule has 1 aromatic rings. The molecule has 1 heterocycles. The fraction of sp³-hybridized carbons (Fsp3) is 0.562. The highest BCUT2D eigenvalue weighted by atomic mass is 16.5. The molecule has 1 saturated heterocycles. The Bertz CT molecular complexity index is 462. The van der Waals surface area contributed by atoms with Crippen LogP contribution in [0, 0.1) is 5.92 Å². The smallest absolute Gasteiger partial charge is 0.232 e. The molecule has 2 fully saturated rings. The molecular weight excluding hydrogens is 252 g/mol. The molecule has 108 valence electrons. The lowest BCUT2D eigenvalue weighted by Crippen LogP contribution is -2.41. The molecule has 20 heavy (non-hydrogen) atoms. The van der Waals surface area contributed by atoms with E-state index in [9.17, 15) is 4.79 Å². The van der Waals surface area contributed by atoms with E-state index < -0.39 is 0 Å². The second-order valence-electron chi connectivity index (χ2n) is 5.72. The van der Waals surface area contributed by atoms with Gasteiger partial charge in [0.25, 0.3) is 0 Å². The Morgan fingerprint density at radius 3 is 2.55 bits per heavy atom. The number of ether oxygens (including phenoxy) is 1. The molecule has 0 aromatic heterocycles. The lowest BCUT2D eigenvalue weighted by molar-refractivity contribution is -0.126. The Kier molecular flexibility index (Phi) is 4.03. The third kappa shape index (κ3) is 2.86. The van der Waals surface area contributed by atoms with Crippen LogP contribution in [0.2, 0.25) is 0 Å². The third-order valence-electron chi connectivity index (χ3n) is 4.11. The molecule has 1 aliphatic heterocycles. The molecule has 1 amide bonds. The summed E-state index contributed by atoms with van der Waals surface area (Å²) in [6.07, 6.45) is 4.15. The summed E-state index contributed by atoms with van der Waals surface area (Å²) in [6.45, 7) is 1.90. The highest BCUT2D eigenvalue weighted by Gasteiger charge is 2.37. The zero-order chi connectivity index (χ0) is 13.9. The van der Waals surface area contributed by atoms with Crippen LogP contribution < -0.4 is 10.6 Å². The predicted octanol–water partition coefficient (Wildman–Crippen LogP) is 2.07. The molecule has 0 bridgehead atoms. The maximum Gasteiger partial charge on any atom is 0.232 e. The van der Waals surface area contributed by atoms with Crippen LogP contribution in [0.15, 0.2) is 24.3 Å². The lowest BCUT2D eigenvalue weighted by Gasteiger charge is -2.29. The van der Waals surface area contributed by atoms with Gasteiger partial charge in [-0.2, -0.15) is 0 Å². The van der Waals surface area contributed by atoms with E-state index in [-0.39, 0.29) is 11.8 Å². The van der Waals surface area contributed by atoms with E-state index in [1.165, 1.54) is 0 Å². The topological polar surface area (TPSA) is 55.6 Å². The highest BCUT2D eigenvalue weighted by Crippen LogP contribution is 2.34. The van der Waals surface area contributed by atoms with Crippen LogP contribution >= 0.6 is 0 Å². The molecule has 4 heteroatoms. The molecule has 4 nitrogen and oxygen atoms in total. The Morgan fingerprint density at radius 2 is 2.00 bits per heavy atom. The summed E-state index contributed by atoms with van der Waals surface area (Å²) >= 11 is 0. The maximum atomic E-state index is 12.8. The summed E-state index contributed by atoms with van der Waals surface area (Å²) in [5.41, 5.74) is 7.72. The van der Waals surface area contributed by atoms with Crippen LogP contribution in [-0.2, 0) is 16.1 Å². The molecule has 1 unspecified atom stereocenters. The van der Waals surface area contributed by atoms with Crippen molar-refractivity contribution in [3.05, 3.63) is 29.8 Å². The number of amides is 1. The van der Waals surface area contributed by atoms with E-state index in [1.807, 2.05) is 29.2 Å². The van der Waals surface area contributed by atoms with E-state index in [2.05, 4.69) is 0 Å². The second-order valence-corrected chi connectivity index (χ2v) is 5.72. The van der Waals surface area contributed by atoms with Crippen LogP contribution in [0.1, 0.15) is 31.2 Å². The fourth-order valence-electron chi connectivity index (χ4n) is 2.78. The van der Waals surface area contributed by atoms with Crippen molar-refractivity contribution < 1.29 is 9.53 Å². The van der Waals surface area contributed by atoms with Crippen molar-refractivity contribution in [1.29, 1.82) is 0 Å². The first-order valence-electron chi connectivity index (χ1n) is 7.49. The Balaban J connectivity index is 1.78. The van der Waals surface area contributed by atoms with Crippen molar-refractivity contribution in [3.8, 4) is 0 Å². The average Bonchev–Trinajstić information content (AvgIpc) is 3.34. The molecule has 1 saturated carbocycles. The van der Waals surface area contributed by atoms with Gasteiger partial charge in [0.05, 0.1) is 12.5 Å². The summed E-state index contributed by atoms with van der Waals surface area (Å²) in [5.74, 6) is 0.256. The fourth-order valence-corrected chi connectivity index (χ4v) is 2.78. The van der Waals surface area contributed by atoms with E-state index >= 15 is 0 Å². The number of carbonyl (C=O) groups is 1. The Morgan fingerprint density at radius 1 is 1.25 bits per heavy atom. The predicted molar refractivity (Wildman–Crippen MR) is 78.4 cm³/mol. The van der Waals surface area contributed by atoms with Gasteiger partial charge in [0.15, 0.2) is 0 Å². The summed E-state index contributed by atoms with van der Waals surface area (Å²) in [6, 6.07) is 8.43. The minimum atomic E-state index is 0.0264. The van der Waals surface area contributed by atoms with Crippen molar-refractivity contribution in [3.63, 3.8) is 0 Å². The molecule has 1 aromatic carbocycles. The molecule has 2 aliphatic rings. The van der Waals surface area contributed by atoms with Crippen molar-refractivity contribution in [2.45, 2.75) is 38.3 Å². The third-order valence-corrected chi connectivity index (χ3v) is 4.11. The molecule has 3 rings (SSSR count). The summed E-state index contributed by atoms with van der Waals surface area (Å²) < 4.78 is 5.46. The molecule has 0 spiro atoms. The second kappa shape index (κ2) is 5.94. The first-order valence-corrected chi connectivity index (χ1v) is 7.49. The normalized spacial score (nSPS) is 22.6. The molecule has 0 radical (unpaired) electrons. The molecule has 2 N–H and O–H groups in total. The zero-order valence-corrected chi connectivity index (χ0v) is 11.8. The van der Waals surface area contributed by atoms with Gasteiger partial charge in [0.2, 0.25) is 5.91 Å². The van der Waals surface area contributed by atoms with Gasteiger partial charge in [-0.05, 0) is 43.4 Å². The van der Waals surface area contributed by atoms with Crippen LogP contribution in [0.3, 0.4) is 0 Å². The Hall–Kier alpha value is -1.39. The van der Waals surface area contributed by atoms with Crippen molar-refractivity contribution in [2.75, 3.05) is 18.1 Å². The maximum absolute atomic E-state index is 12.8. The van der Waals surface area contributed by atoms with E-state index in [1.54, 1.807) is 0 Å². The van der Waals surface area contributed by atoms with E-state index in [0.29, 0.717) is 19.2 Å². The number of nitrogens with two attached hydrogens (primary N) is 1. The molecule has 1 aliphatic carbocycles. The lowest BCUT2D eigenvalue weighted by atomic mass is 10.00. The number of benzene rings is 1.